The smallest absolute Gasteiger partial charge is 0.191 e. The van der Waals surface area contributed by atoms with Crippen LogP contribution in [0, 0.1) is 0 Å². The molecule has 0 aromatic rings. The van der Waals surface area contributed by atoms with Crippen molar-refractivity contribution >= 4 is 5.96 Å². The molecule has 0 aromatic carbocycles. The molecule has 0 aromatic heterocycles. The Morgan fingerprint density at radius 1 is 1.09 bits per heavy atom. The molecule has 2 aliphatic rings. The molecule has 126 valence electrons. The molecule has 1 heterocycles. The van der Waals surface area contributed by atoms with Crippen LogP contribution in [0.15, 0.2) is 17.1 Å². The second-order valence-electron chi connectivity index (χ2n) is 6.51. The highest BCUT2D eigenvalue weighted by Crippen LogP contribution is 2.10. The highest BCUT2D eigenvalue weighted by molar-refractivity contribution is 5.80. The lowest BCUT2D eigenvalue weighted by molar-refractivity contribution is 0.224. The average Bonchev–Trinajstić information content (AvgIpc) is 3.05. The summed E-state index contributed by atoms with van der Waals surface area (Å²) in [5.41, 5.74) is 0. The van der Waals surface area contributed by atoms with E-state index in [9.17, 15) is 0 Å². The molecule has 1 aliphatic carbocycles. The van der Waals surface area contributed by atoms with Gasteiger partial charge in [0.15, 0.2) is 5.96 Å². The van der Waals surface area contributed by atoms with Crippen molar-refractivity contribution in [1.82, 2.24) is 15.5 Å². The lowest BCUT2D eigenvalue weighted by Gasteiger charge is -2.26. The zero-order valence-electron chi connectivity index (χ0n) is 14.3. The number of rotatable bonds is 8. The van der Waals surface area contributed by atoms with E-state index >= 15 is 0 Å². The van der Waals surface area contributed by atoms with E-state index < -0.39 is 0 Å². The number of likely N-dealkylation sites (tertiary alicyclic amines) is 1. The zero-order valence-corrected chi connectivity index (χ0v) is 14.3. The summed E-state index contributed by atoms with van der Waals surface area (Å²) in [6.07, 6.45) is 14.8. The molecule has 22 heavy (non-hydrogen) atoms. The molecule has 2 rings (SSSR count). The second-order valence-corrected chi connectivity index (χ2v) is 6.51. The molecule has 4 nitrogen and oxygen atoms in total. The number of guanidine groups is 1. The molecule has 0 spiro atoms. The van der Waals surface area contributed by atoms with E-state index in [0.29, 0.717) is 6.04 Å². The zero-order chi connectivity index (χ0) is 15.5. The third-order valence-corrected chi connectivity index (χ3v) is 4.54. The van der Waals surface area contributed by atoms with Crippen molar-refractivity contribution in [3.05, 3.63) is 12.2 Å². The van der Waals surface area contributed by atoms with Gasteiger partial charge in [-0.2, -0.15) is 0 Å². The highest BCUT2D eigenvalue weighted by Gasteiger charge is 2.11. The van der Waals surface area contributed by atoms with Gasteiger partial charge >= 0.3 is 0 Å². The number of piperidine rings is 1. The van der Waals surface area contributed by atoms with Crippen molar-refractivity contribution in [2.45, 2.75) is 64.3 Å². The van der Waals surface area contributed by atoms with Crippen LogP contribution in [0.4, 0.5) is 0 Å². The van der Waals surface area contributed by atoms with Crippen molar-refractivity contribution in [1.29, 1.82) is 0 Å². The Kier molecular flexibility index (Phi) is 8.39. The van der Waals surface area contributed by atoms with E-state index in [-0.39, 0.29) is 0 Å². The quantitative estimate of drug-likeness (QED) is 0.313. The van der Waals surface area contributed by atoms with Gasteiger partial charge < -0.3 is 15.5 Å². The van der Waals surface area contributed by atoms with Gasteiger partial charge in [0.2, 0.25) is 0 Å². The SMILES string of the molecule is CCNC(=NCCCCCN1CCCCC1)NC1CC=CC1. The molecule has 0 atom stereocenters. The monoisotopic (exact) mass is 306 g/mol. The van der Waals surface area contributed by atoms with Gasteiger partial charge in [-0.1, -0.05) is 25.0 Å². The summed E-state index contributed by atoms with van der Waals surface area (Å²) in [6.45, 7) is 7.93. The van der Waals surface area contributed by atoms with Crippen LogP contribution in [0.2, 0.25) is 0 Å². The Hall–Kier alpha value is -1.03. The van der Waals surface area contributed by atoms with Crippen LogP contribution in [0.25, 0.3) is 0 Å². The Balaban J connectivity index is 1.55. The number of unbranched alkanes of at least 4 members (excludes halogenated alkanes) is 2. The average molecular weight is 306 g/mol. The third kappa shape index (κ3) is 6.82. The predicted molar refractivity (Wildman–Crippen MR) is 95.4 cm³/mol. The first-order valence-corrected chi connectivity index (χ1v) is 9.30. The van der Waals surface area contributed by atoms with E-state index in [1.165, 1.54) is 58.2 Å². The molecule has 0 saturated carbocycles. The summed E-state index contributed by atoms with van der Waals surface area (Å²) in [5, 5.41) is 6.88. The second kappa shape index (κ2) is 10.7. The van der Waals surface area contributed by atoms with E-state index in [4.69, 9.17) is 4.99 Å². The van der Waals surface area contributed by atoms with Crippen molar-refractivity contribution in [3.8, 4) is 0 Å². The minimum atomic E-state index is 0.539. The van der Waals surface area contributed by atoms with Gasteiger partial charge in [0.25, 0.3) is 0 Å². The van der Waals surface area contributed by atoms with Gasteiger partial charge in [-0.3, -0.25) is 4.99 Å². The first-order valence-electron chi connectivity index (χ1n) is 9.30. The third-order valence-electron chi connectivity index (χ3n) is 4.54. The van der Waals surface area contributed by atoms with Gasteiger partial charge in [0.1, 0.15) is 0 Å². The molecular formula is C18H34N4. The molecule has 4 heteroatoms. The predicted octanol–water partition coefficient (Wildman–Crippen LogP) is 2.92. The summed E-state index contributed by atoms with van der Waals surface area (Å²) in [5.74, 6) is 0.993. The minimum Gasteiger partial charge on any atom is -0.357 e. The lowest BCUT2D eigenvalue weighted by Crippen LogP contribution is -2.42. The number of nitrogens with one attached hydrogen (secondary N) is 2. The van der Waals surface area contributed by atoms with Gasteiger partial charge in [0.05, 0.1) is 0 Å². The van der Waals surface area contributed by atoms with Crippen LogP contribution in [0.1, 0.15) is 58.3 Å². The molecule has 0 bridgehead atoms. The number of hydrogen-bond donors (Lipinski definition) is 2. The van der Waals surface area contributed by atoms with Gasteiger partial charge in [0, 0.05) is 19.1 Å². The first kappa shape index (κ1) is 17.3. The van der Waals surface area contributed by atoms with Crippen LogP contribution < -0.4 is 10.6 Å². The summed E-state index contributed by atoms with van der Waals surface area (Å²) < 4.78 is 0. The standard InChI is InChI=1S/C18H34N4/c1-2-19-18(21-17-11-5-6-12-17)20-13-7-3-8-14-22-15-9-4-10-16-22/h5-6,17H,2-4,7-16H2,1H3,(H2,19,20,21). The molecule has 1 saturated heterocycles. The maximum absolute atomic E-state index is 4.71. The van der Waals surface area contributed by atoms with Crippen molar-refractivity contribution in [2.24, 2.45) is 4.99 Å². The molecule has 0 radical (unpaired) electrons. The molecule has 2 N–H and O–H groups in total. The molecular weight excluding hydrogens is 272 g/mol. The Morgan fingerprint density at radius 2 is 1.86 bits per heavy atom. The first-order chi connectivity index (χ1) is 10.9. The van der Waals surface area contributed by atoms with E-state index in [1.54, 1.807) is 0 Å². The fourth-order valence-electron chi connectivity index (χ4n) is 3.25. The molecule has 0 amide bonds. The fraction of sp³-hybridized carbons (Fsp3) is 0.833. The van der Waals surface area contributed by atoms with Crippen LogP contribution in [-0.2, 0) is 0 Å². The maximum Gasteiger partial charge on any atom is 0.191 e. The van der Waals surface area contributed by atoms with Crippen LogP contribution in [0.5, 0.6) is 0 Å². The van der Waals surface area contributed by atoms with Gasteiger partial charge in [-0.25, -0.2) is 0 Å². The molecule has 1 aliphatic heterocycles. The van der Waals surface area contributed by atoms with Gasteiger partial charge in [-0.15, -0.1) is 0 Å². The van der Waals surface area contributed by atoms with E-state index in [1.807, 2.05) is 0 Å². The fourth-order valence-corrected chi connectivity index (χ4v) is 3.25. The Labute approximate surface area is 136 Å². The summed E-state index contributed by atoms with van der Waals surface area (Å²) in [7, 11) is 0. The summed E-state index contributed by atoms with van der Waals surface area (Å²) in [4.78, 5) is 7.34. The lowest BCUT2D eigenvalue weighted by atomic mass is 10.1. The summed E-state index contributed by atoms with van der Waals surface area (Å²) >= 11 is 0. The van der Waals surface area contributed by atoms with Crippen LogP contribution in [-0.4, -0.2) is 49.6 Å². The topological polar surface area (TPSA) is 39.7 Å². The van der Waals surface area contributed by atoms with E-state index in [0.717, 1.165) is 31.9 Å². The van der Waals surface area contributed by atoms with Crippen molar-refractivity contribution < 1.29 is 0 Å². The Bertz CT molecular complexity index is 337. The summed E-state index contributed by atoms with van der Waals surface area (Å²) in [6, 6.07) is 0.539. The van der Waals surface area contributed by atoms with Crippen molar-refractivity contribution in [3.63, 3.8) is 0 Å². The maximum atomic E-state index is 4.71. The number of aliphatic imine (C=N–C) groups is 1. The minimum absolute atomic E-state index is 0.539. The van der Waals surface area contributed by atoms with Crippen molar-refractivity contribution in [2.75, 3.05) is 32.7 Å². The van der Waals surface area contributed by atoms with E-state index in [2.05, 4.69) is 34.6 Å². The number of nitrogens with zero attached hydrogens (tertiary/aromatic N) is 2. The number of hydrogen-bond acceptors (Lipinski definition) is 2. The van der Waals surface area contributed by atoms with Gasteiger partial charge in [-0.05, 0) is 65.1 Å². The largest absolute Gasteiger partial charge is 0.357 e. The molecule has 0 unspecified atom stereocenters. The van der Waals surface area contributed by atoms with Crippen LogP contribution >= 0.6 is 0 Å². The van der Waals surface area contributed by atoms with Crippen LogP contribution in [0.3, 0.4) is 0 Å². The highest BCUT2D eigenvalue weighted by atomic mass is 15.2. The Morgan fingerprint density at radius 3 is 2.59 bits per heavy atom. The molecule has 1 fully saturated rings. The normalized spacial score (nSPS) is 20.5.